The molecule has 48 heavy (non-hydrogen) atoms. The molecule has 7 nitrogen and oxygen atoms in total. The van der Waals surface area contributed by atoms with Crippen molar-refractivity contribution >= 4 is 23.7 Å². The number of rotatable bonds is 30. The van der Waals surface area contributed by atoms with Gasteiger partial charge in [-0.05, 0) is 48.2 Å². The summed E-state index contributed by atoms with van der Waals surface area (Å²) in [6, 6.07) is 15.0. The Labute approximate surface area is 290 Å². The second-order valence-electron chi connectivity index (χ2n) is 12.6. The fourth-order valence-electron chi connectivity index (χ4n) is 5.39. The molecule has 0 amide bonds. The number of ether oxygens (including phenoxy) is 2. The lowest BCUT2D eigenvalue weighted by Gasteiger charge is -2.12. The Hall–Kier alpha value is -3.58. The van der Waals surface area contributed by atoms with Crippen LogP contribution in [0, 0.1) is 0 Å². The zero-order valence-electron chi connectivity index (χ0n) is 29.7. The Morgan fingerprint density at radius 1 is 0.562 bits per heavy atom. The van der Waals surface area contributed by atoms with E-state index >= 15 is 0 Å². The van der Waals surface area contributed by atoms with Crippen LogP contribution in [0.15, 0.2) is 60.9 Å². The summed E-state index contributed by atoms with van der Waals surface area (Å²) >= 11 is 0. The van der Waals surface area contributed by atoms with Crippen LogP contribution in [0.25, 0.3) is 11.1 Å². The molecule has 1 unspecified atom stereocenters. The van der Waals surface area contributed by atoms with Gasteiger partial charge in [-0.15, -0.1) is 0 Å². The molecule has 0 spiro atoms. The fourth-order valence-corrected chi connectivity index (χ4v) is 5.39. The Morgan fingerprint density at radius 2 is 0.896 bits per heavy atom. The Balaban J connectivity index is 1.66. The molecule has 0 aliphatic carbocycles. The number of carbonyl (C=O) groups is 2. The summed E-state index contributed by atoms with van der Waals surface area (Å²) in [5, 5.41) is 16.5. The van der Waals surface area contributed by atoms with Crippen LogP contribution in [-0.2, 0) is 9.59 Å². The summed E-state index contributed by atoms with van der Waals surface area (Å²) in [4.78, 5) is 23.4. The summed E-state index contributed by atoms with van der Waals surface area (Å²) < 4.78 is 11.7. The lowest BCUT2D eigenvalue weighted by molar-refractivity contribution is -0.104. The third-order valence-electron chi connectivity index (χ3n) is 8.38. The second kappa shape index (κ2) is 27.4. The Kier molecular flexibility index (Phi) is 23.2. The van der Waals surface area contributed by atoms with Crippen molar-refractivity contribution in [2.75, 3.05) is 26.3 Å². The van der Waals surface area contributed by atoms with Crippen LogP contribution < -0.4 is 20.1 Å². The predicted molar refractivity (Wildman–Crippen MR) is 199 cm³/mol. The number of hydrogen-bond acceptors (Lipinski definition) is 7. The van der Waals surface area contributed by atoms with Gasteiger partial charge < -0.3 is 25.2 Å². The summed E-state index contributed by atoms with van der Waals surface area (Å²) in [7, 11) is 0. The van der Waals surface area contributed by atoms with Gasteiger partial charge in [-0.1, -0.05) is 128 Å². The number of allylic oxidation sites excluding steroid dienone is 2. The van der Waals surface area contributed by atoms with Crippen LogP contribution in [0.4, 0.5) is 0 Å². The third-order valence-corrected chi connectivity index (χ3v) is 8.38. The molecular formula is C41H62N2O5. The van der Waals surface area contributed by atoms with Gasteiger partial charge in [0.05, 0.1) is 19.3 Å². The molecular weight excluding hydrogens is 600 g/mol. The van der Waals surface area contributed by atoms with Crippen molar-refractivity contribution in [1.29, 1.82) is 0 Å². The first-order valence-corrected chi connectivity index (χ1v) is 18.5. The molecule has 0 fully saturated rings. The highest BCUT2D eigenvalue weighted by molar-refractivity contribution is 6.07. The van der Waals surface area contributed by atoms with E-state index in [2.05, 4.69) is 24.5 Å². The summed E-state index contributed by atoms with van der Waals surface area (Å²) in [5.74, 6) is 1.59. The molecule has 0 heterocycles. The second-order valence-corrected chi connectivity index (χ2v) is 12.6. The predicted octanol–water partition coefficient (Wildman–Crippen LogP) is 9.05. The highest BCUT2D eigenvalue weighted by Crippen LogP contribution is 2.19. The van der Waals surface area contributed by atoms with Crippen molar-refractivity contribution in [3.8, 4) is 11.5 Å². The van der Waals surface area contributed by atoms with Crippen LogP contribution >= 0.6 is 0 Å². The fraction of sp³-hybridized carbons (Fsp3) is 0.561. The largest absolute Gasteiger partial charge is 0.494 e. The summed E-state index contributed by atoms with van der Waals surface area (Å²) in [6.07, 6.45) is 24.3. The van der Waals surface area contributed by atoms with Crippen molar-refractivity contribution < 1.29 is 24.2 Å². The molecule has 2 rings (SSSR count). The Bertz CT molecular complexity index is 1070. The smallest absolute Gasteiger partial charge is 0.152 e. The third kappa shape index (κ3) is 18.7. The normalized spacial score (nSPS) is 12.4. The number of carbonyl (C=O) groups excluding carboxylic acids is 2. The molecule has 0 saturated carbocycles. The van der Waals surface area contributed by atoms with Gasteiger partial charge in [-0.25, -0.2) is 0 Å². The number of benzene rings is 2. The van der Waals surface area contributed by atoms with E-state index < -0.39 is 6.10 Å². The van der Waals surface area contributed by atoms with Crippen LogP contribution in [0.2, 0.25) is 0 Å². The maximum atomic E-state index is 11.7. The highest BCUT2D eigenvalue weighted by atomic mass is 16.5. The zero-order chi connectivity index (χ0) is 34.5. The maximum absolute atomic E-state index is 11.7. The van der Waals surface area contributed by atoms with Gasteiger partial charge in [0.2, 0.25) is 0 Å². The summed E-state index contributed by atoms with van der Waals surface area (Å²) in [5.41, 5.74) is 2.51. The molecule has 0 aromatic heterocycles. The monoisotopic (exact) mass is 662 g/mol. The van der Waals surface area contributed by atoms with E-state index in [1.807, 2.05) is 48.5 Å². The van der Waals surface area contributed by atoms with Crippen molar-refractivity contribution in [1.82, 2.24) is 10.6 Å². The lowest BCUT2D eigenvalue weighted by Crippen LogP contribution is -2.32. The van der Waals surface area contributed by atoms with Gasteiger partial charge >= 0.3 is 0 Å². The summed E-state index contributed by atoms with van der Waals surface area (Å²) in [6.45, 7) is 6.35. The topological polar surface area (TPSA) is 96.9 Å². The first kappa shape index (κ1) is 40.6. The molecule has 0 aliphatic rings. The molecule has 0 saturated heterocycles. The lowest BCUT2D eigenvalue weighted by atomic mass is 10.1. The van der Waals surface area contributed by atoms with Crippen molar-refractivity contribution in [3.05, 3.63) is 72.1 Å². The van der Waals surface area contributed by atoms with E-state index in [9.17, 15) is 14.7 Å². The minimum absolute atomic E-state index is 0.235. The van der Waals surface area contributed by atoms with Gasteiger partial charge in [0.15, 0.2) is 12.6 Å². The number of aliphatic hydroxyl groups excluding tert-OH is 1. The van der Waals surface area contributed by atoms with E-state index in [-0.39, 0.29) is 13.1 Å². The molecule has 0 radical (unpaired) electrons. The van der Waals surface area contributed by atoms with E-state index in [1.54, 1.807) is 12.4 Å². The number of aliphatic hydroxyl groups is 1. The number of unbranched alkanes of at least 4 members (excludes halogenated alkanes) is 14. The molecule has 7 heteroatoms. The SMILES string of the molecule is CCCCCCCCCCOc1ccc(/C(C=O)=C/NCC(O)CN/C=C(/C=O)c2ccc(OCCCCCCCCCC)cc2)cc1. The first-order valence-electron chi connectivity index (χ1n) is 18.5. The van der Waals surface area contributed by atoms with Gasteiger partial charge in [0.1, 0.15) is 11.5 Å². The molecule has 1 atom stereocenters. The molecule has 0 bridgehead atoms. The van der Waals surface area contributed by atoms with Crippen molar-refractivity contribution in [2.45, 2.75) is 123 Å². The molecule has 2 aromatic carbocycles. The molecule has 266 valence electrons. The number of nitrogens with one attached hydrogen (secondary N) is 2. The van der Waals surface area contributed by atoms with E-state index in [1.165, 1.54) is 89.9 Å². The van der Waals surface area contributed by atoms with E-state index in [0.717, 1.165) is 48.0 Å². The first-order chi connectivity index (χ1) is 23.6. The minimum atomic E-state index is -0.738. The zero-order valence-corrected chi connectivity index (χ0v) is 29.7. The van der Waals surface area contributed by atoms with Crippen LogP contribution in [-0.4, -0.2) is 50.1 Å². The highest BCUT2D eigenvalue weighted by Gasteiger charge is 2.06. The van der Waals surface area contributed by atoms with Crippen molar-refractivity contribution in [3.63, 3.8) is 0 Å². The van der Waals surface area contributed by atoms with Crippen LogP contribution in [0.3, 0.4) is 0 Å². The van der Waals surface area contributed by atoms with E-state index in [4.69, 9.17) is 9.47 Å². The van der Waals surface area contributed by atoms with Crippen molar-refractivity contribution in [2.24, 2.45) is 0 Å². The van der Waals surface area contributed by atoms with Gasteiger partial charge in [-0.2, -0.15) is 0 Å². The molecule has 0 aliphatic heterocycles. The van der Waals surface area contributed by atoms with Crippen LogP contribution in [0.1, 0.15) is 128 Å². The van der Waals surface area contributed by atoms with Gasteiger partial charge in [0, 0.05) is 36.6 Å². The number of hydrogen-bond donors (Lipinski definition) is 3. The average molecular weight is 663 g/mol. The quantitative estimate of drug-likeness (QED) is 0.0436. The standard InChI is InChI=1S/C41H62N2O5/c1-3-5-7-9-11-13-15-17-27-47-40-23-19-35(20-24-40)37(33-44)29-42-31-39(46)32-43-30-38(34-45)36-21-25-41(26-22-36)48-28-18-16-14-12-10-8-6-4-2/h19-26,29-30,33-34,39,42-43,46H,3-18,27-28,31-32H2,1-2H3/b37-29-,38-30+. The molecule has 2 aromatic rings. The average Bonchev–Trinajstić information content (AvgIpc) is 3.11. The van der Waals surface area contributed by atoms with Gasteiger partial charge in [0.25, 0.3) is 0 Å². The number of aldehydes is 2. The van der Waals surface area contributed by atoms with E-state index in [0.29, 0.717) is 24.4 Å². The van der Waals surface area contributed by atoms with Crippen LogP contribution in [0.5, 0.6) is 11.5 Å². The minimum Gasteiger partial charge on any atom is -0.494 e. The maximum Gasteiger partial charge on any atom is 0.152 e. The molecule has 3 N–H and O–H groups in total. The van der Waals surface area contributed by atoms with Gasteiger partial charge in [-0.3, -0.25) is 9.59 Å². The Morgan fingerprint density at radius 3 is 1.23 bits per heavy atom.